The lowest BCUT2D eigenvalue weighted by Crippen LogP contribution is -2.53. The standard InChI is InChI=1S/C28H29ClF4N2O2/c1-26(30,28(31,32)33)19-7-8-21-18(15-19)6-10-23-27(21,16-17-4-3-5-20(29)14-17)12-13-35(23)25(37)22-9-11-24(36)34(22)2/h3-5,7-8,14-15,22-23H,6,9-13,16H2,1-2H3/t22-,23?,26?,27?/m0/s1/i2D3. The number of carbonyl (C=O) groups excluding carboxylic acids is 2. The molecule has 0 bridgehead atoms. The van der Waals surface area contributed by atoms with E-state index in [2.05, 4.69) is 0 Å². The molecule has 4 nitrogen and oxygen atoms in total. The number of likely N-dealkylation sites (tertiary alicyclic amines) is 2. The highest BCUT2D eigenvalue weighted by atomic mass is 35.5. The Morgan fingerprint density at radius 1 is 1.16 bits per heavy atom. The zero-order valence-corrected chi connectivity index (χ0v) is 21.0. The van der Waals surface area contributed by atoms with Gasteiger partial charge in [0.1, 0.15) is 6.04 Å². The number of amides is 2. The number of carbonyl (C=O) groups is 2. The third-order valence-electron chi connectivity index (χ3n) is 8.40. The predicted octanol–water partition coefficient (Wildman–Crippen LogP) is 5.74. The van der Waals surface area contributed by atoms with E-state index in [-0.39, 0.29) is 19.4 Å². The summed E-state index contributed by atoms with van der Waals surface area (Å²) in [6, 6.07) is 9.71. The molecule has 4 atom stereocenters. The topological polar surface area (TPSA) is 40.6 Å². The van der Waals surface area contributed by atoms with Gasteiger partial charge in [0, 0.05) is 40.5 Å². The van der Waals surface area contributed by atoms with Crippen LogP contribution in [-0.4, -0.2) is 53.4 Å². The van der Waals surface area contributed by atoms with Crippen LogP contribution in [0.4, 0.5) is 17.6 Å². The first kappa shape index (κ1) is 22.4. The van der Waals surface area contributed by atoms with Crippen LogP contribution in [0, 0.1) is 0 Å². The van der Waals surface area contributed by atoms with Crippen LogP contribution < -0.4 is 0 Å². The van der Waals surface area contributed by atoms with Crippen LogP contribution in [-0.2, 0) is 33.5 Å². The van der Waals surface area contributed by atoms with E-state index < -0.39 is 53.7 Å². The maximum absolute atomic E-state index is 14.9. The number of aryl methyl sites for hydroxylation is 1. The van der Waals surface area contributed by atoms with E-state index in [9.17, 15) is 27.2 Å². The minimum absolute atomic E-state index is 0.0340. The number of benzene rings is 2. The number of likely N-dealkylation sites (N-methyl/N-ethyl adjacent to an activating group) is 1. The van der Waals surface area contributed by atoms with E-state index in [0.717, 1.165) is 11.1 Å². The molecular formula is C28H29ClF4N2O2. The van der Waals surface area contributed by atoms with Gasteiger partial charge < -0.3 is 9.80 Å². The molecule has 0 spiro atoms. The smallest absolute Gasteiger partial charge is 0.337 e. The minimum Gasteiger partial charge on any atom is -0.337 e. The second-order valence-electron chi connectivity index (χ2n) is 10.5. The molecule has 2 aromatic rings. The quantitative estimate of drug-likeness (QED) is 0.465. The Balaban J connectivity index is 1.56. The van der Waals surface area contributed by atoms with Crippen LogP contribution in [0.15, 0.2) is 42.5 Å². The molecule has 2 heterocycles. The molecule has 2 fully saturated rings. The first-order chi connectivity index (χ1) is 18.6. The number of alkyl halides is 4. The number of rotatable bonds is 4. The monoisotopic (exact) mass is 539 g/mol. The highest BCUT2D eigenvalue weighted by Crippen LogP contribution is 2.51. The molecule has 2 aliphatic heterocycles. The first-order valence-electron chi connectivity index (χ1n) is 13.8. The highest BCUT2D eigenvalue weighted by molar-refractivity contribution is 6.30. The van der Waals surface area contributed by atoms with Crippen LogP contribution in [0.2, 0.25) is 5.02 Å². The molecule has 2 saturated heterocycles. The summed E-state index contributed by atoms with van der Waals surface area (Å²) in [7, 11) is 0. The van der Waals surface area contributed by atoms with Crippen molar-refractivity contribution in [3.05, 3.63) is 69.7 Å². The summed E-state index contributed by atoms with van der Waals surface area (Å²) in [5.41, 5.74) is -2.50. The van der Waals surface area contributed by atoms with E-state index >= 15 is 0 Å². The van der Waals surface area contributed by atoms with Gasteiger partial charge in [-0.3, -0.25) is 9.59 Å². The largest absolute Gasteiger partial charge is 0.426 e. The third-order valence-corrected chi connectivity index (χ3v) is 8.64. The van der Waals surface area contributed by atoms with Gasteiger partial charge in [-0.25, -0.2) is 4.39 Å². The number of hydrogen-bond acceptors (Lipinski definition) is 2. The van der Waals surface area contributed by atoms with Crippen molar-refractivity contribution in [3.8, 4) is 0 Å². The normalized spacial score (nSPS) is 28.7. The second-order valence-corrected chi connectivity index (χ2v) is 10.9. The van der Waals surface area contributed by atoms with E-state index in [1.165, 1.54) is 12.1 Å². The lowest BCUT2D eigenvalue weighted by atomic mass is 9.63. The molecule has 0 N–H and O–H groups in total. The maximum Gasteiger partial charge on any atom is 0.426 e. The molecule has 2 amide bonds. The first-order valence-corrected chi connectivity index (χ1v) is 12.7. The van der Waals surface area contributed by atoms with Gasteiger partial charge in [-0.1, -0.05) is 41.9 Å². The second kappa shape index (κ2) is 9.00. The van der Waals surface area contributed by atoms with E-state index in [4.69, 9.17) is 15.7 Å². The van der Waals surface area contributed by atoms with Gasteiger partial charge in [0.05, 0.1) is 0 Å². The summed E-state index contributed by atoms with van der Waals surface area (Å²) in [6.45, 7) is -1.95. The van der Waals surface area contributed by atoms with Crippen LogP contribution in [0.1, 0.15) is 59.0 Å². The van der Waals surface area contributed by atoms with Gasteiger partial charge >= 0.3 is 6.18 Å². The number of halogens is 5. The van der Waals surface area contributed by atoms with Gasteiger partial charge in [0.2, 0.25) is 17.5 Å². The van der Waals surface area contributed by atoms with Gasteiger partial charge in [-0.2, -0.15) is 13.2 Å². The summed E-state index contributed by atoms with van der Waals surface area (Å²) >= 11 is 6.25. The molecule has 3 aliphatic rings. The predicted molar refractivity (Wildman–Crippen MR) is 132 cm³/mol. The number of fused-ring (bicyclic) bond motifs is 3. The van der Waals surface area contributed by atoms with Gasteiger partial charge in [0.15, 0.2) is 0 Å². The summed E-state index contributed by atoms with van der Waals surface area (Å²) < 4.78 is 78.8. The molecule has 3 unspecified atom stereocenters. The van der Waals surface area contributed by atoms with E-state index in [1.54, 1.807) is 29.2 Å². The van der Waals surface area contributed by atoms with Gasteiger partial charge in [0.25, 0.3) is 0 Å². The Labute approximate surface area is 222 Å². The van der Waals surface area contributed by atoms with Crippen LogP contribution in [0.25, 0.3) is 0 Å². The maximum atomic E-state index is 14.9. The fourth-order valence-electron chi connectivity index (χ4n) is 6.41. The molecule has 5 rings (SSSR count). The van der Waals surface area contributed by atoms with Crippen LogP contribution in [0.5, 0.6) is 0 Å². The summed E-state index contributed by atoms with van der Waals surface area (Å²) in [4.78, 5) is 28.6. The highest BCUT2D eigenvalue weighted by Gasteiger charge is 2.56. The Morgan fingerprint density at radius 3 is 2.65 bits per heavy atom. The van der Waals surface area contributed by atoms with Crippen molar-refractivity contribution < 1.29 is 31.3 Å². The average molecular weight is 540 g/mol. The Morgan fingerprint density at radius 2 is 1.95 bits per heavy atom. The van der Waals surface area contributed by atoms with Crippen molar-refractivity contribution in [1.29, 1.82) is 0 Å². The summed E-state index contributed by atoms with van der Waals surface area (Å²) in [5, 5.41) is 0.513. The summed E-state index contributed by atoms with van der Waals surface area (Å²) in [5.74, 6) is -1.03. The molecule has 1 aliphatic carbocycles. The fourth-order valence-corrected chi connectivity index (χ4v) is 6.62. The Kier molecular flexibility index (Phi) is 5.44. The average Bonchev–Trinajstić information content (AvgIpc) is 3.43. The van der Waals surface area contributed by atoms with Crippen molar-refractivity contribution in [1.82, 2.24) is 9.80 Å². The fraction of sp³-hybridized carbons (Fsp3) is 0.500. The van der Waals surface area contributed by atoms with Crippen molar-refractivity contribution in [3.63, 3.8) is 0 Å². The molecule has 37 heavy (non-hydrogen) atoms. The number of hydrogen-bond donors (Lipinski definition) is 0. The molecule has 0 aromatic heterocycles. The van der Waals surface area contributed by atoms with E-state index in [1.807, 2.05) is 6.07 Å². The van der Waals surface area contributed by atoms with E-state index in [0.29, 0.717) is 48.1 Å². The molecule has 0 radical (unpaired) electrons. The lowest BCUT2D eigenvalue weighted by molar-refractivity contribution is -0.228. The SMILES string of the molecule is [2H]C([2H])([2H])N1C(=O)CC[C@H]1C(=O)N1CCC2(Cc3cccc(Cl)c3)c3ccc(C(C)(F)C(F)(F)F)cc3CCC12. The van der Waals surface area contributed by atoms with Crippen LogP contribution >= 0.6 is 11.6 Å². The molecule has 198 valence electrons. The Bertz CT molecular complexity index is 1350. The molecule has 2 aromatic carbocycles. The van der Waals surface area contributed by atoms with Crippen molar-refractivity contribution in [2.24, 2.45) is 0 Å². The van der Waals surface area contributed by atoms with Gasteiger partial charge in [-0.15, -0.1) is 0 Å². The summed E-state index contributed by atoms with van der Waals surface area (Å²) in [6.07, 6.45) is -3.42. The van der Waals surface area contributed by atoms with Crippen molar-refractivity contribution in [2.75, 3.05) is 13.5 Å². The molecule has 9 heteroatoms. The zero-order valence-electron chi connectivity index (χ0n) is 23.2. The Hall–Kier alpha value is -2.61. The van der Waals surface area contributed by atoms with Gasteiger partial charge in [-0.05, 0) is 73.4 Å². The number of nitrogens with zero attached hydrogens (tertiary/aromatic N) is 2. The minimum atomic E-state index is -5.08. The zero-order chi connectivity index (χ0) is 29.3. The molecule has 0 saturated carbocycles. The van der Waals surface area contributed by atoms with Crippen LogP contribution in [0.3, 0.4) is 0 Å². The van der Waals surface area contributed by atoms with Crippen molar-refractivity contribution >= 4 is 23.4 Å². The lowest BCUT2D eigenvalue weighted by Gasteiger charge is -2.44. The molecular weight excluding hydrogens is 508 g/mol. The van der Waals surface area contributed by atoms with Crippen molar-refractivity contribution in [2.45, 2.75) is 74.8 Å². The third kappa shape index (κ3) is 4.21.